The highest BCUT2D eigenvalue weighted by Crippen LogP contribution is 2.46. The Labute approximate surface area is 148 Å². The Bertz CT molecular complexity index is 707. The van der Waals surface area contributed by atoms with E-state index in [1.807, 2.05) is 50.2 Å². The number of esters is 1. The molecule has 0 radical (unpaired) electrons. The van der Waals surface area contributed by atoms with Gasteiger partial charge in [0.15, 0.2) is 0 Å². The first kappa shape index (κ1) is 17.4. The van der Waals surface area contributed by atoms with Crippen molar-refractivity contribution in [1.82, 2.24) is 10.3 Å². The first-order chi connectivity index (χ1) is 12.1. The zero-order valence-electron chi connectivity index (χ0n) is 14.7. The molecule has 1 aromatic heterocycles. The number of carbonyl (C=O) groups excluding carboxylic acids is 1. The van der Waals surface area contributed by atoms with Crippen molar-refractivity contribution < 1.29 is 14.3 Å². The van der Waals surface area contributed by atoms with Crippen LogP contribution in [0.2, 0.25) is 0 Å². The maximum atomic E-state index is 11.9. The fourth-order valence-electron chi connectivity index (χ4n) is 2.64. The van der Waals surface area contributed by atoms with Gasteiger partial charge >= 0.3 is 5.97 Å². The molecule has 1 aliphatic rings. The molecule has 2 aromatic rings. The second-order valence-electron chi connectivity index (χ2n) is 6.52. The number of aryl methyl sites for hydroxylation is 1. The van der Waals surface area contributed by atoms with Gasteiger partial charge in [-0.1, -0.05) is 23.8 Å². The van der Waals surface area contributed by atoms with Gasteiger partial charge in [0.2, 0.25) is 5.88 Å². The van der Waals surface area contributed by atoms with Gasteiger partial charge in [0.05, 0.1) is 12.0 Å². The second-order valence-corrected chi connectivity index (χ2v) is 6.52. The number of hydrogen-bond acceptors (Lipinski definition) is 5. The molecule has 1 fully saturated rings. The normalized spacial score (nSPS) is 14.8. The molecule has 0 aliphatic heterocycles. The zero-order chi connectivity index (χ0) is 17.7. The molecule has 0 amide bonds. The summed E-state index contributed by atoms with van der Waals surface area (Å²) in [5.74, 6) is 1.26. The summed E-state index contributed by atoms with van der Waals surface area (Å²) < 4.78 is 10.9. The molecule has 5 heteroatoms. The quantitative estimate of drug-likeness (QED) is 0.744. The zero-order valence-corrected chi connectivity index (χ0v) is 14.7. The first-order valence-corrected chi connectivity index (χ1v) is 8.69. The van der Waals surface area contributed by atoms with Gasteiger partial charge in [-0.05, 0) is 44.4 Å². The first-order valence-electron chi connectivity index (χ1n) is 8.69. The van der Waals surface area contributed by atoms with E-state index < -0.39 is 0 Å². The van der Waals surface area contributed by atoms with E-state index in [1.54, 1.807) is 6.20 Å². The van der Waals surface area contributed by atoms with Gasteiger partial charge in [-0.3, -0.25) is 4.79 Å². The summed E-state index contributed by atoms with van der Waals surface area (Å²) in [6.45, 7) is 5.63. The topological polar surface area (TPSA) is 60.5 Å². The number of ether oxygens (including phenoxy) is 2. The highest BCUT2D eigenvalue weighted by molar-refractivity contribution is 5.80. The number of nitrogens with zero attached hydrogens (tertiary/aromatic N) is 1. The number of hydrogen-bond donors (Lipinski definition) is 1. The van der Waals surface area contributed by atoms with Crippen LogP contribution in [-0.4, -0.2) is 24.1 Å². The highest BCUT2D eigenvalue weighted by atomic mass is 16.5. The molecule has 1 N–H and O–H groups in total. The van der Waals surface area contributed by atoms with E-state index in [2.05, 4.69) is 10.3 Å². The summed E-state index contributed by atoms with van der Waals surface area (Å²) >= 11 is 0. The molecule has 1 saturated carbocycles. The van der Waals surface area contributed by atoms with Crippen LogP contribution in [0.4, 0.5) is 0 Å². The summed E-state index contributed by atoms with van der Waals surface area (Å²) in [6.07, 6.45) is 3.60. The number of aromatic nitrogens is 1. The van der Waals surface area contributed by atoms with Crippen LogP contribution in [-0.2, 0) is 16.1 Å². The monoisotopic (exact) mass is 340 g/mol. The smallest absolute Gasteiger partial charge is 0.313 e. The fourth-order valence-corrected chi connectivity index (χ4v) is 2.64. The summed E-state index contributed by atoms with van der Waals surface area (Å²) in [7, 11) is 0. The van der Waals surface area contributed by atoms with Gasteiger partial charge in [-0.2, -0.15) is 0 Å². The Balaban J connectivity index is 1.48. The molecule has 5 nitrogen and oxygen atoms in total. The van der Waals surface area contributed by atoms with Crippen LogP contribution in [0, 0.1) is 12.3 Å². The second kappa shape index (κ2) is 7.66. The fraction of sp³-hybridized carbons (Fsp3) is 0.400. The van der Waals surface area contributed by atoms with Crippen LogP contribution < -0.4 is 10.1 Å². The highest BCUT2D eigenvalue weighted by Gasteiger charge is 2.50. The molecule has 0 atom stereocenters. The van der Waals surface area contributed by atoms with Crippen molar-refractivity contribution in [1.29, 1.82) is 0 Å². The Kier molecular flexibility index (Phi) is 5.34. The Morgan fingerprint density at radius 3 is 2.56 bits per heavy atom. The lowest BCUT2D eigenvalue weighted by Gasteiger charge is -2.14. The van der Waals surface area contributed by atoms with Crippen LogP contribution in [0.1, 0.15) is 30.9 Å². The van der Waals surface area contributed by atoms with Crippen LogP contribution in [0.3, 0.4) is 0 Å². The molecule has 1 aromatic carbocycles. The molecular weight excluding hydrogens is 316 g/mol. The van der Waals surface area contributed by atoms with Crippen molar-refractivity contribution in [3.8, 4) is 11.6 Å². The number of nitrogens with one attached hydrogen (secondary N) is 1. The van der Waals surface area contributed by atoms with Crippen molar-refractivity contribution in [2.24, 2.45) is 5.41 Å². The van der Waals surface area contributed by atoms with E-state index in [1.165, 1.54) is 5.56 Å². The van der Waals surface area contributed by atoms with Crippen molar-refractivity contribution >= 4 is 5.97 Å². The third-order valence-electron chi connectivity index (χ3n) is 4.40. The van der Waals surface area contributed by atoms with Crippen LogP contribution >= 0.6 is 0 Å². The average Bonchev–Trinajstić information content (AvgIpc) is 3.40. The molecule has 0 unspecified atom stereocenters. The molecule has 0 saturated heterocycles. The number of rotatable bonds is 8. The molecule has 132 valence electrons. The number of carbonyl (C=O) groups is 1. The molecule has 1 aliphatic carbocycles. The van der Waals surface area contributed by atoms with Gasteiger partial charge in [-0.25, -0.2) is 4.98 Å². The van der Waals surface area contributed by atoms with Crippen molar-refractivity contribution in [2.75, 3.05) is 13.2 Å². The molecule has 0 spiro atoms. The lowest BCUT2D eigenvalue weighted by Crippen LogP contribution is -2.31. The minimum atomic E-state index is -0.308. The standard InChI is InChI=1S/C20H24N2O3/c1-3-24-19(23)20(10-11-20)14-21-12-16-6-9-18(22-13-16)25-17-7-4-15(2)5-8-17/h4-9,13,21H,3,10-12,14H2,1-2H3. The van der Waals surface area contributed by atoms with Gasteiger partial charge in [-0.15, -0.1) is 0 Å². The Morgan fingerprint density at radius 2 is 1.96 bits per heavy atom. The summed E-state index contributed by atoms with van der Waals surface area (Å²) in [4.78, 5) is 16.3. The SMILES string of the molecule is CCOC(=O)C1(CNCc2ccc(Oc3ccc(C)cc3)nc2)CC1. The van der Waals surface area contributed by atoms with E-state index in [-0.39, 0.29) is 11.4 Å². The van der Waals surface area contributed by atoms with Gasteiger partial charge in [0.25, 0.3) is 0 Å². The van der Waals surface area contributed by atoms with E-state index in [0.29, 0.717) is 25.6 Å². The molecule has 1 heterocycles. The molecule has 3 rings (SSSR count). The molecule has 0 bridgehead atoms. The van der Waals surface area contributed by atoms with Gasteiger partial charge in [0.1, 0.15) is 5.75 Å². The number of pyridine rings is 1. The third-order valence-corrected chi connectivity index (χ3v) is 4.40. The van der Waals surface area contributed by atoms with Crippen molar-refractivity contribution in [3.05, 3.63) is 53.7 Å². The summed E-state index contributed by atoms with van der Waals surface area (Å²) in [6, 6.07) is 11.7. The Hall–Kier alpha value is -2.40. The van der Waals surface area contributed by atoms with Crippen molar-refractivity contribution in [3.63, 3.8) is 0 Å². The maximum absolute atomic E-state index is 11.9. The largest absolute Gasteiger partial charge is 0.466 e. The van der Waals surface area contributed by atoms with E-state index in [0.717, 1.165) is 24.2 Å². The van der Waals surface area contributed by atoms with Crippen LogP contribution in [0.15, 0.2) is 42.6 Å². The summed E-state index contributed by atoms with van der Waals surface area (Å²) in [5, 5.41) is 3.34. The summed E-state index contributed by atoms with van der Waals surface area (Å²) in [5.41, 5.74) is 1.94. The van der Waals surface area contributed by atoms with E-state index in [9.17, 15) is 4.79 Å². The van der Waals surface area contributed by atoms with Gasteiger partial charge < -0.3 is 14.8 Å². The third kappa shape index (κ3) is 4.57. The minimum Gasteiger partial charge on any atom is -0.466 e. The lowest BCUT2D eigenvalue weighted by molar-refractivity contribution is -0.149. The molecule has 25 heavy (non-hydrogen) atoms. The predicted molar refractivity (Wildman–Crippen MR) is 95.5 cm³/mol. The average molecular weight is 340 g/mol. The van der Waals surface area contributed by atoms with E-state index in [4.69, 9.17) is 9.47 Å². The number of benzene rings is 1. The van der Waals surface area contributed by atoms with Crippen LogP contribution in [0.25, 0.3) is 0 Å². The van der Waals surface area contributed by atoms with E-state index >= 15 is 0 Å². The Morgan fingerprint density at radius 1 is 1.20 bits per heavy atom. The maximum Gasteiger partial charge on any atom is 0.313 e. The van der Waals surface area contributed by atoms with Crippen molar-refractivity contribution in [2.45, 2.75) is 33.2 Å². The lowest BCUT2D eigenvalue weighted by atomic mass is 10.1. The van der Waals surface area contributed by atoms with Crippen LogP contribution in [0.5, 0.6) is 11.6 Å². The predicted octanol–water partition coefficient (Wildman–Crippen LogP) is 3.62. The van der Waals surface area contributed by atoms with Gasteiger partial charge in [0, 0.05) is 25.4 Å². The molecular formula is C20H24N2O3. The minimum absolute atomic E-state index is 0.0810.